The van der Waals surface area contributed by atoms with E-state index in [1.165, 1.54) is 5.12 Å². The number of benzene rings is 2. The first-order valence-electron chi connectivity index (χ1n) is 9.40. The first kappa shape index (κ1) is 20.3. The molecule has 0 unspecified atom stereocenters. The molecule has 2 aromatic carbocycles. The molecular weight excluding hydrogens is 402 g/mol. The Morgan fingerprint density at radius 2 is 1.84 bits per heavy atom. The molecule has 0 saturated carbocycles. The van der Waals surface area contributed by atoms with E-state index in [0.29, 0.717) is 17.8 Å². The Kier molecular flexibility index (Phi) is 5.74. The molecule has 0 atom stereocenters. The first-order chi connectivity index (χ1) is 15.0. The molecule has 0 radical (unpaired) electrons. The maximum Gasteiger partial charge on any atom is 0.314 e. The molecule has 0 aliphatic carbocycles. The summed E-state index contributed by atoms with van der Waals surface area (Å²) in [4.78, 5) is 4.63. The number of pyridine rings is 1. The van der Waals surface area contributed by atoms with Crippen molar-refractivity contribution in [2.45, 2.75) is 19.9 Å². The molecule has 7 nitrogen and oxygen atoms in total. The predicted molar refractivity (Wildman–Crippen MR) is 114 cm³/mol. The quantitative estimate of drug-likeness (QED) is 0.308. The topological polar surface area (TPSA) is 79.8 Å². The second-order valence-electron chi connectivity index (χ2n) is 6.69. The number of hydrogen-bond donors (Lipinski definition) is 0. The molecule has 0 aliphatic heterocycles. The molecule has 0 amide bonds. The number of hydrogen-bond acceptors (Lipinski definition) is 7. The smallest absolute Gasteiger partial charge is 0.314 e. The molecule has 4 aromatic rings. The number of fused-ring (bicyclic) bond motifs is 1. The number of hydrazone groups is 2. The van der Waals surface area contributed by atoms with E-state index >= 15 is 0 Å². The van der Waals surface area contributed by atoms with Crippen LogP contribution in [0.3, 0.4) is 0 Å². The van der Waals surface area contributed by atoms with Crippen LogP contribution >= 0.6 is 0 Å². The molecule has 0 aliphatic rings. The lowest BCUT2D eigenvalue weighted by Crippen LogP contribution is -2.13. The van der Waals surface area contributed by atoms with E-state index < -0.39 is 12.3 Å². The summed E-state index contributed by atoms with van der Waals surface area (Å²) in [5.41, 5.74) is 3.75. The van der Waals surface area contributed by atoms with Crippen molar-refractivity contribution in [1.29, 1.82) is 0 Å². The monoisotopic (exact) mass is 420 g/mol. The van der Waals surface area contributed by atoms with Gasteiger partial charge in [0.2, 0.25) is 5.89 Å². The standard InChI is InChI=1S/C22H18F2N6O/c1-14(18-12-11-16-5-3-4-6-19(16)26-18)29-30(25-2)13-15-7-9-17(10-8-15)21-27-28-22(31-21)20(23)24/h3-12,20H,2,13H2,1H3/b29-14+. The SMILES string of the molecule is C=NN(Cc1ccc(-c2nnc(C(F)F)o2)cc1)/N=C(\C)c1ccc2ccccc2n1. The number of nitrogens with zero attached hydrogens (tertiary/aromatic N) is 6. The van der Waals surface area contributed by atoms with Crippen LogP contribution in [0.25, 0.3) is 22.4 Å². The lowest BCUT2D eigenvalue weighted by molar-refractivity contribution is 0.116. The van der Waals surface area contributed by atoms with Gasteiger partial charge in [-0.3, -0.25) is 0 Å². The Morgan fingerprint density at radius 3 is 2.55 bits per heavy atom. The summed E-state index contributed by atoms with van der Waals surface area (Å²) in [6, 6.07) is 18.8. The zero-order valence-electron chi connectivity index (χ0n) is 16.6. The van der Waals surface area contributed by atoms with E-state index in [0.717, 1.165) is 22.2 Å². The Labute approximate surface area is 176 Å². The molecule has 0 bridgehead atoms. The average Bonchev–Trinajstić information content (AvgIpc) is 3.29. The fourth-order valence-electron chi connectivity index (χ4n) is 2.96. The van der Waals surface area contributed by atoms with Gasteiger partial charge in [-0.1, -0.05) is 36.4 Å². The third-order valence-corrected chi connectivity index (χ3v) is 4.55. The minimum absolute atomic E-state index is 0.0387. The summed E-state index contributed by atoms with van der Waals surface area (Å²) in [6.45, 7) is 5.80. The summed E-state index contributed by atoms with van der Waals surface area (Å²) in [6.07, 6.45) is -2.80. The minimum Gasteiger partial charge on any atom is -0.415 e. The van der Waals surface area contributed by atoms with Gasteiger partial charge >= 0.3 is 6.43 Å². The normalized spacial score (nSPS) is 11.8. The number of para-hydroxylation sites is 1. The van der Waals surface area contributed by atoms with Crippen molar-refractivity contribution in [2.24, 2.45) is 10.2 Å². The highest BCUT2D eigenvalue weighted by Gasteiger charge is 2.17. The van der Waals surface area contributed by atoms with Gasteiger partial charge in [0, 0.05) is 17.7 Å². The highest BCUT2D eigenvalue weighted by molar-refractivity contribution is 5.98. The van der Waals surface area contributed by atoms with Gasteiger partial charge in [-0.05, 0) is 36.8 Å². The van der Waals surface area contributed by atoms with Crippen LogP contribution in [0, 0.1) is 0 Å². The van der Waals surface area contributed by atoms with E-state index in [9.17, 15) is 8.78 Å². The fourth-order valence-corrected chi connectivity index (χ4v) is 2.96. The second-order valence-corrected chi connectivity index (χ2v) is 6.69. The van der Waals surface area contributed by atoms with Crippen LogP contribution < -0.4 is 0 Å². The van der Waals surface area contributed by atoms with E-state index in [1.54, 1.807) is 24.3 Å². The van der Waals surface area contributed by atoms with E-state index in [4.69, 9.17) is 4.42 Å². The third kappa shape index (κ3) is 4.61. The highest BCUT2D eigenvalue weighted by Crippen LogP contribution is 2.23. The Hall–Kier alpha value is -4.01. The molecule has 2 aromatic heterocycles. The van der Waals surface area contributed by atoms with Gasteiger partial charge in [-0.15, -0.1) is 10.2 Å². The maximum atomic E-state index is 12.6. The lowest BCUT2D eigenvalue weighted by Gasteiger charge is -2.14. The van der Waals surface area contributed by atoms with Crippen LogP contribution in [-0.2, 0) is 6.54 Å². The van der Waals surface area contributed by atoms with Crippen molar-refractivity contribution < 1.29 is 13.2 Å². The van der Waals surface area contributed by atoms with Crippen LogP contribution in [0.4, 0.5) is 8.78 Å². The molecule has 9 heteroatoms. The van der Waals surface area contributed by atoms with Crippen molar-refractivity contribution in [3.05, 3.63) is 77.8 Å². The van der Waals surface area contributed by atoms with Crippen LogP contribution in [0.1, 0.15) is 30.5 Å². The predicted octanol–water partition coefficient (Wildman–Crippen LogP) is 5.06. The Bertz CT molecular complexity index is 1240. The fraction of sp³-hybridized carbons (Fsp3) is 0.136. The van der Waals surface area contributed by atoms with Crippen molar-refractivity contribution in [3.8, 4) is 11.5 Å². The van der Waals surface area contributed by atoms with Crippen LogP contribution in [-0.4, -0.2) is 32.7 Å². The minimum atomic E-state index is -2.80. The van der Waals surface area contributed by atoms with Crippen molar-refractivity contribution in [2.75, 3.05) is 0 Å². The molecule has 0 fully saturated rings. The zero-order valence-corrected chi connectivity index (χ0v) is 16.6. The van der Waals surface area contributed by atoms with Gasteiger partial charge in [-0.25, -0.2) is 4.98 Å². The number of aromatic nitrogens is 3. The first-order valence-corrected chi connectivity index (χ1v) is 9.40. The van der Waals surface area contributed by atoms with Crippen molar-refractivity contribution >= 4 is 23.3 Å². The molecule has 0 saturated heterocycles. The number of halogens is 2. The molecule has 156 valence electrons. The number of rotatable bonds is 7. The summed E-state index contributed by atoms with van der Waals surface area (Å²) in [5.74, 6) is -0.662. The van der Waals surface area contributed by atoms with Crippen molar-refractivity contribution in [1.82, 2.24) is 20.3 Å². The summed E-state index contributed by atoms with van der Waals surface area (Å²) in [5, 5.41) is 18.0. The van der Waals surface area contributed by atoms with Gasteiger partial charge in [0.1, 0.15) is 0 Å². The van der Waals surface area contributed by atoms with Crippen LogP contribution in [0.2, 0.25) is 0 Å². The average molecular weight is 420 g/mol. The van der Waals surface area contributed by atoms with Gasteiger partial charge < -0.3 is 4.42 Å². The second kappa shape index (κ2) is 8.78. The highest BCUT2D eigenvalue weighted by atomic mass is 19.3. The zero-order chi connectivity index (χ0) is 21.8. The van der Waals surface area contributed by atoms with Crippen molar-refractivity contribution in [3.63, 3.8) is 0 Å². The van der Waals surface area contributed by atoms with E-state index in [1.807, 2.05) is 43.3 Å². The molecular formula is C22H18F2N6O. The Balaban J connectivity index is 1.49. The van der Waals surface area contributed by atoms with Gasteiger partial charge in [0.15, 0.2) is 0 Å². The summed E-state index contributed by atoms with van der Waals surface area (Å²) < 4.78 is 30.2. The van der Waals surface area contributed by atoms with Crippen LogP contribution in [0.15, 0.2) is 75.3 Å². The lowest BCUT2D eigenvalue weighted by atomic mass is 10.1. The van der Waals surface area contributed by atoms with E-state index in [-0.39, 0.29) is 5.89 Å². The molecule has 2 heterocycles. The largest absolute Gasteiger partial charge is 0.415 e. The van der Waals surface area contributed by atoms with Gasteiger partial charge in [0.25, 0.3) is 5.89 Å². The molecule has 0 spiro atoms. The number of alkyl halides is 2. The van der Waals surface area contributed by atoms with E-state index in [2.05, 4.69) is 32.1 Å². The van der Waals surface area contributed by atoms with Crippen LogP contribution in [0.5, 0.6) is 0 Å². The Morgan fingerprint density at radius 1 is 1.06 bits per heavy atom. The summed E-state index contributed by atoms with van der Waals surface area (Å²) in [7, 11) is 0. The summed E-state index contributed by atoms with van der Waals surface area (Å²) >= 11 is 0. The third-order valence-electron chi connectivity index (χ3n) is 4.55. The molecule has 4 rings (SSSR count). The van der Waals surface area contributed by atoms with Gasteiger partial charge in [0.05, 0.1) is 23.5 Å². The maximum absolute atomic E-state index is 12.6. The molecule has 0 N–H and O–H groups in total. The molecule has 31 heavy (non-hydrogen) atoms. The van der Waals surface area contributed by atoms with Gasteiger partial charge in [-0.2, -0.15) is 24.1 Å².